The molecule has 0 bridgehead atoms. The third-order valence-electron chi connectivity index (χ3n) is 3.62. The second kappa shape index (κ2) is 7.57. The minimum Gasteiger partial charge on any atom is -0.310 e. The Morgan fingerprint density at radius 1 is 1.33 bits per heavy atom. The second-order valence-electron chi connectivity index (χ2n) is 5.21. The Kier molecular flexibility index (Phi) is 5.76. The molecule has 5 heteroatoms. The van der Waals surface area contributed by atoms with Gasteiger partial charge in [-0.3, -0.25) is 4.68 Å². The van der Waals surface area contributed by atoms with Gasteiger partial charge < -0.3 is 5.32 Å². The predicted molar refractivity (Wildman–Crippen MR) is 86.6 cm³/mol. The van der Waals surface area contributed by atoms with Crippen molar-refractivity contribution < 1.29 is 0 Å². The van der Waals surface area contributed by atoms with Gasteiger partial charge in [0.2, 0.25) is 0 Å². The number of rotatable bonds is 7. The lowest BCUT2D eigenvalue weighted by Crippen LogP contribution is -2.25. The van der Waals surface area contributed by atoms with Crippen molar-refractivity contribution in [2.24, 2.45) is 0 Å². The molecule has 1 heterocycles. The molecule has 1 aromatic heterocycles. The molecule has 4 nitrogen and oxygen atoms in total. The number of aromatic nitrogens is 3. The van der Waals surface area contributed by atoms with E-state index < -0.39 is 0 Å². The molecule has 2 rings (SSSR count). The van der Waals surface area contributed by atoms with Crippen LogP contribution in [0.2, 0.25) is 5.02 Å². The summed E-state index contributed by atoms with van der Waals surface area (Å²) in [6.45, 7) is 8.07. The van der Waals surface area contributed by atoms with E-state index in [1.54, 1.807) is 6.33 Å². The molecule has 0 fully saturated rings. The molecule has 0 saturated heterocycles. The summed E-state index contributed by atoms with van der Waals surface area (Å²) in [6.07, 6.45) is 3.53. The van der Waals surface area contributed by atoms with Gasteiger partial charge in [0, 0.05) is 24.0 Å². The fourth-order valence-corrected chi connectivity index (χ4v) is 2.53. The molecule has 0 aliphatic rings. The molecule has 0 aliphatic carbocycles. The molecule has 0 radical (unpaired) electrons. The molecule has 0 aliphatic heterocycles. The number of halogens is 1. The zero-order valence-corrected chi connectivity index (χ0v) is 13.7. The van der Waals surface area contributed by atoms with E-state index in [1.165, 1.54) is 5.56 Å². The van der Waals surface area contributed by atoms with Crippen molar-refractivity contribution in [3.05, 3.63) is 46.5 Å². The van der Waals surface area contributed by atoms with Crippen LogP contribution in [0.5, 0.6) is 0 Å². The van der Waals surface area contributed by atoms with Gasteiger partial charge in [0.05, 0.1) is 0 Å². The quantitative estimate of drug-likeness (QED) is 0.851. The second-order valence-corrected chi connectivity index (χ2v) is 5.62. The van der Waals surface area contributed by atoms with Crippen molar-refractivity contribution in [2.45, 2.75) is 46.2 Å². The van der Waals surface area contributed by atoms with Crippen LogP contribution in [0.1, 0.15) is 43.3 Å². The maximum Gasteiger partial charge on any atom is 0.138 e. The molecule has 1 aromatic carbocycles. The first-order valence-corrected chi connectivity index (χ1v) is 7.89. The highest BCUT2D eigenvalue weighted by Crippen LogP contribution is 2.23. The molecular weight excluding hydrogens is 284 g/mol. The minimum absolute atomic E-state index is 0.206. The van der Waals surface area contributed by atoms with Crippen LogP contribution in [0.3, 0.4) is 0 Å². The molecule has 21 heavy (non-hydrogen) atoms. The summed E-state index contributed by atoms with van der Waals surface area (Å²) in [5.74, 6) is 1.00. The molecule has 2 aromatic rings. The van der Waals surface area contributed by atoms with Crippen molar-refractivity contribution in [1.29, 1.82) is 0 Å². The normalized spacial score (nSPS) is 12.6. The fraction of sp³-hybridized carbons (Fsp3) is 0.500. The standard InChI is InChI=1S/C16H23ClN4/c1-4-8-18-15(10-16-19-11-20-21(16)5-2)13-7-6-12(3)14(17)9-13/h6-7,9,11,15,18H,4-5,8,10H2,1-3H3. The van der Waals surface area contributed by atoms with Crippen LogP contribution in [-0.4, -0.2) is 21.3 Å². The van der Waals surface area contributed by atoms with Crippen molar-refractivity contribution in [2.75, 3.05) is 6.54 Å². The Morgan fingerprint density at radius 2 is 2.14 bits per heavy atom. The average molecular weight is 307 g/mol. The van der Waals surface area contributed by atoms with Gasteiger partial charge in [-0.15, -0.1) is 0 Å². The van der Waals surface area contributed by atoms with Crippen molar-refractivity contribution in [3.63, 3.8) is 0 Å². The molecule has 1 atom stereocenters. The van der Waals surface area contributed by atoms with Crippen LogP contribution in [0, 0.1) is 6.92 Å². The Bertz CT molecular complexity index is 579. The molecule has 1 unspecified atom stereocenters. The van der Waals surface area contributed by atoms with Gasteiger partial charge in [-0.25, -0.2) is 4.98 Å². The molecule has 1 N–H and O–H groups in total. The Labute approximate surface area is 131 Å². The minimum atomic E-state index is 0.206. The summed E-state index contributed by atoms with van der Waals surface area (Å²) in [5, 5.41) is 8.64. The summed E-state index contributed by atoms with van der Waals surface area (Å²) >= 11 is 6.27. The summed E-state index contributed by atoms with van der Waals surface area (Å²) in [4.78, 5) is 4.38. The van der Waals surface area contributed by atoms with Crippen LogP contribution >= 0.6 is 11.6 Å². The van der Waals surface area contributed by atoms with Gasteiger partial charge in [0.15, 0.2) is 0 Å². The summed E-state index contributed by atoms with van der Waals surface area (Å²) in [7, 11) is 0. The van der Waals surface area contributed by atoms with E-state index in [0.29, 0.717) is 0 Å². The Hall–Kier alpha value is -1.39. The smallest absolute Gasteiger partial charge is 0.138 e. The zero-order valence-electron chi connectivity index (χ0n) is 12.9. The lowest BCUT2D eigenvalue weighted by Gasteiger charge is -2.19. The largest absolute Gasteiger partial charge is 0.310 e. The van der Waals surface area contributed by atoms with E-state index in [4.69, 9.17) is 11.6 Å². The van der Waals surface area contributed by atoms with E-state index in [1.807, 2.05) is 11.6 Å². The van der Waals surface area contributed by atoms with Crippen LogP contribution in [0.15, 0.2) is 24.5 Å². The summed E-state index contributed by atoms with van der Waals surface area (Å²) in [5.41, 5.74) is 2.30. The maximum atomic E-state index is 6.27. The SMILES string of the molecule is CCCNC(Cc1ncnn1CC)c1ccc(C)c(Cl)c1. The van der Waals surface area contributed by atoms with Gasteiger partial charge in [0.25, 0.3) is 0 Å². The van der Waals surface area contributed by atoms with Crippen LogP contribution in [-0.2, 0) is 13.0 Å². The number of aryl methyl sites for hydroxylation is 2. The fourth-order valence-electron chi connectivity index (χ4n) is 2.35. The highest BCUT2D eigenvalue weighted by atomic mass is 35.5. The van der Waals surface area contributed by atoms with Gasteiger partial charge in [-0.05, 0) is 44.0 Å². The van der Waals surface area contributed by atoms with Gasteiger partial charge in [0.1, 0.15) is 12.2 Å². The topological polar surface area (TPSA) is 42.7 Å². The monoisotopic (exact) mass is 306 g/mol. The summed E-state index contributed by atoms with van der Waals surface area (Å²) < 4.78 is 1.94. The first kappa shape index (κ1) is 16.0. The van der Waals surface area contributed by atoms with Crippen LogP contribution in [0.4, 0.5) is 0 Å². The van der Waals surface area contributed by atoms with Crippen LogP contribution in [0.25, 0.3) is 0 Å². The zero-order chi connectivity index (χ0) is 15.2. The number of hydrogen-bond donors (Lipinski definition) is 1. The van der Waals surface area contributed by atoms with Crippen molar-refractivity contribution in [1.82, 2.24) is 20.1 Å². The van der Waals surface area contributed by atoms with E-state index in [9.17, 15) is 0 Å². The van der Waals surface area contributed by atoms with Crippen LogP contribution < -0.4 is 5.32 Å². The maximum absolute atomic E-state index is 6.27. The average Bonchev–Trinajstić information content (AvgIpc) is 2.93. The number of nitrogens with zero attached hydrogens (tertiary/aromatic N) is 3. The van der Waals surface area contributed by atoms with Crippen molar-refractivity contribution >= 4 is 11.6 Å². The molecule has 0 amide bonds. The lowest BCUT2D eigenvalue weighted by molar-refractivity contribution is 0.497. The first-order chi connectivity index (χ1) is 10.2. The van der Waals surface area contributed by atoms with E-state index in [0.717, 1.165) is 42.3 Å². The van der Waals surface area contributed by atoms with E-state index in [-0.39, 0.29) is 6.04 Å². The van der Waals surface area contributed by atoms with E-state index in [2.05, 4.69) is 47.4 Å². The first-order valence-electron chi connectivity index (χ1n) is 7.51. The molecule has 0 saturated carbocycles. The molecular formula is C16H23ClN4. The number of benzene rings is 1. The third kappa shape index (κ3) is 4.05. The van der Waals surface area contributed by atoms with Gasteiger partial charge in [-0.1, -0.05) is 30.7 Å². The van der Waals surface area contributed by atoms with Crippen molar-refractivity contribution in [3.8, 4) is 0 Å². The van der Waals surface area contributed by atoms with E-state index >= 15 is 0 Å². The molecule has 0 spiro atoms. The van der Waals surface area contributed by atoms with Gasteiger partial charge in [-0.2, -0.15) is 5.10 Å². The molecule has 114 valence electrons. The summed E-state index contributed by atoms with van der Waals surface area (Å²) in [6, 6.07) is 6.47. The Balaban J connectivity index is 2.23. The predicted octanol–water partition coefficient (Wildman–Crippen LogP) is 3.54. The number of hydrogen-bond acceptors (Lipinski definition) is 3. The highest BCUT2D eigenvalue weighted by molar-refractivity contribution is 6.31. The lowest BCUT2D eigenvalue weighted by atomic mass is 10.0. The highest BCUT2D eigenvalue weighted by Gasteiger charge is 2.16. The number of nitrogens with one attached hydrogen (secondary N) is 1. The third-order valence-corrected chi connectivity index (χ3v) is 4.03. The van der Waals surface area contributed by atoms with Gasteiger partial charge >= 0.3 is 0 Å². The Morgan fingerprint density at radius 3 is 2.81 bits per heavy atom.